The summed E-state index contributed by atoms with van der Waals surface area (Å²) in [5.74, 6) is 0. The number of nitrogens with zero attached hydrogens (tertiary/aromatic N) is 5. The summed E-state index contributed by atoms with van der Waals surface area (Å²) in [7, 11) is 9.90. The molecule has 0 aliphatic carbocycles. The average Bonchev–Trinajstić information content (AvgIpc) is 0.804. The maximum absolute atomic E-state index is 7.64. The monoisotopic (exact) mass is 1140 g/mol. The molecule has 0 bridgehead atoms. The number of aromatic nitrogens is 5. The predicted octanol–water partition coefficient (Wildman–Crippen LogP) is 17.1. The summed E-state index contributed by atoms with van der Waals surface area (Å²) in [6.45, 7) is 24.5. The first-order chi connectivity index (χ1) is 44.8. The van der Waals surface area contributed by atoms with Crippen LogP contribution in [0.5, 0.6) is 0 Å². The molecule has 0 aliphatic heterocycles. The molecule has 5 aromatic heterocycles. The fourth-order valence-electron chi connectivity index (χ4n) is 10.5. The Morgan fingerprint density at radius 2 is 0.541 bits per heavy atom. The van der Waals surface area contributed by atoms with Gasteiger partial charge in [0.05, 0.1) is 0 Å². The van der Waals surface area contributed by atoms with Crippen LogP contribution in [0.1, 0.15) is 128 Å². The Balaban J connectivity index is 0.000000193. The molecule has 0 saturated carbocycles. The molecule has 0 radical (unpaired) electrons. The van der Waals surface area contributed by atoms with Crippen LogP contribution in [0.25, 0.3) is 56.3 Å². The number of rotatable bonds is 5. The van der Waals surface area contributed by atoms with Gasteiger partial charge in [0.15, 0.2) is 31.0 Å². The third kappa shape index (κ3) is 16.4. The van der Waals surface area contributed by atoms with E-state index in [0.29, 0.717) is 38.9 Å². The van der Waals surface area contributed by atoms with Crippen molar-refractivity contribution in [3.05, 3.63) is 264 Å². The van der Waals surface area contributed by atoms with Crippen LogP contribution >= 0.6 is 0 Å². The molecule has 0 amide bonds. The van der Waals surface area contributed by atoms with E-state index >= 15 is 0 Å². The molecular weight excluding hydrogens is 1030 g/mol. The second-order valence-corrected chi connectivity index (χ2v) is 23.5. The lowest BCUT2D eigenvalue weighted by molar-refractivity contribution is -0.660. The van der Waals surface area contributed by atoms with Crippen molar-refractivity contribution in [2.45, 2.75) is 138 Å². The lowest BCUT2D eigenvalue weighted by Crippen LogP contribution is -2.31. The highest BCUT2D eigenvalue weighted by atomic mass is 14.9. The van der Waals surface area contributed by atoms with Crippen LogP contribution in [-0.2, 0) is 35.2 Å². The van der Waals surface area contributed by atoms with Crippen LogP contribution in [0.15, 0.2) is 152 Å². The first-order valence-corrected chi connectivity index (χ1v) is 29.2. The molecule has 10 rings (SSSR count). The zero-order valence-corrected chi connectivity index (χ0v) is 54.7. The van der Waals surface area contributed by atoms with Gasteiger partial charge in [0.2, 0.25) is 28.5 Å². The third-order valence-electron chi connectivity index (χ3n) is 16.5. The number of pyridine rings is 5. The molecule has 0 spiro atoms. The van der Waals surface area contributed by atoms with E-state index in [4.69, 9.17) is 16.4 Å². The van der Waals surface area contributed by atoms with Crippen molar-refractivity contribution in [2.75, 3.05) is 0 Å². The molecule has 0 unspecified atom stereocenters. The van der Waals surface area contributed by atoms with Gasteiger partial charge in [0.1, 0.15) is 35.2 Å². The van der Waals surface area contributed by atoms with Crippen LogP contribution in [0, 0.1) is 138 Å². The van der Waals surface area contributed by atoms with Gasteiger partial charge in [-0.25, -0.2) is 22.8 Å². The maximum Gasteiger partial charge on any atom is 0.212 e. The molecule has 5 nitrogen and oxygen atoms in total. The highest BCUT2D eigenvalue weighted by Gasteiger charge is 2.19. The number of aryl methyl sites for hydroxylation is 23. The van der Waals surface area contributed by atoms with E-state index in [1.165, 1.54) is 101 Å². The van der Waals surface area contributed by atoms with Gasteiger partial charge in [-0.15, -0.1) is 0 Å². The number of benzene rings is 5. The van der Waals surface area contributed by atoms with Crippen molar-refractivity contribution in [1.29, 1.82) is 0 Å². The molecule has 0 saturated heterocycles. The Morgan fingerprint density at radius 3 is 0.941 bits per heavy atom. The quantitative estimate of drug-likeness (QED) is 0.153. The predicted molar refractivity (Wildman–Crippen MR) is 360 cm³/mol. The van der Waals surface area contributed by atoms with Crippen molar-refractivity contribution in [3.8, 4) is 56.3 Å². The summed E-state index contributed by atoms with van der Waals surface area (Å²) in [6, 6.07) is 40.4. The standard InChI is InChI=1S/5C16H20N/c2*1-11-6-7-15(13(3)8-11)16-9-12(2)14(4)10-17(16)5;1-11-6-7-12(2)15(8-11)16-9-13(3)14(4)10-17(16)5;2*1-11-7-6-8-15(14(11)4)16-9-12(2)13(3)10-17(16)5/h5*6-10H,1-5H3/q5*+1/i1D3,4D3;;;1D3,3D3;. The largest absolute Gasteiger partial charge is 0.212 e. The van der Waals surface area contributed by atoms with Crippen LogP contribution in [0.4, 0.5) is 0 Å². The Bertz CT molecular complexity index is 4480. The Morgan fingerprint density at radius 1 is 0.224 bits per heavy atom. The maximum atomic E-state index is 7.64. The molecule has 0 fully saturated rings. The smallest absolute Gasteiger partial charge is 0.201 e. The van der Waals surface area contributed by atoms with E-state index < -0.39 is 27.4 Å². The zero-order valence-electron chi connectivity index (χ0n) is 66.7. The van der Waals surface area contributed by atoms with Crippen LogP contribution in [-0.4, -0.2) is 0 Å². The molecule has 5 aromatic carbocycles. The van der Waals surface area contributed by atoms with Gasteiger partial charge >= 0.3 is 0 Å². The molecule has 440 valence electrons. The van der Waals surface area contributed by atoms with Gasteiger partial charge in [-0.2, -0.15) is 0 Å². The summed E-state index contributed by atoms with van der Waals surface area (Å²) >= 11 is 0. The van der Waals surface area contributed by atoms with E-state index in [0.717, 1.165) is 28.1 Å². The Kier molecular flexibility index (Phi) is 16.9. The lowest BCUT2D eigenvalue weighted by atomic mass is 9.99. The molecule has 0 atom stereocenters. The van der Waals surface area contributed by atoms with Gasteiger partial charge in [-0.3, -0.25) is 0 Å². The molecule has 5 heterocycles. The molecule has 10 aromatic rings. The fourth-order valence-corrected chi connectivity index (χ4v) is 10.5. The molecular formula is C80H100N5+5. The summed E-state index contributed by atoms with van der Waals surface area (Å²) in [6.07, 6.45) is 9.82. The summed E-state index contributed by atoms with van der Waals surface area (Å²) in [4.78, 5) is 0. The second-order valence-electron chi connectivity index (χ2n) is 23.5. The topological polar surface area (TPSA) is 19.4 Å². The summed E-state index contributed by atoms with van der Waals surface area (Å²) in [5.41, 5.74) is 31.3. The number of hydrogen-bond donors (Lipinski definition) is 0. The van der Waals surface area contributed by atoms with Crippen LogP contribution < -0.4 is 22.8 Å². The van der Waals surface area contributed by atoms with Crippen molar-refractivity contribution in [1.82, 2.24) is 0 Å². The third-order valence-corrected chi connectivity index (χ3v) is 16.5. The van der Waals surface area contributed by atoms with E-state index in [2.05, 4.69) is 209 Å². The first kappa shape index (κ1) is 50.2. The fraction of sp³-hybridized carbons (Fsp3) is 0.312. The van der Waals surface area contributed by atoms with Gasteiger partial charge < -0.3 is 0 Å². The van der Waals surface area contributed by atoms with Crippen LogP contribution in [0.2, 0.25) is 0 Å². The lowest BCUT2D eigenvalue weighted by Gasteiger charge is -2.08. The minimum absolute atomic E-state index is 0.299. The van der Waals surface area contributed by atoms with Gasteiger partial charge in [-0.05, 0) is 235 Å². The molecule has 5 heteroatoms. The minimum atomic E-state index is -2.17. The SMILES string of the molecule is Cc1cc(-c2cccc(C)c2C)[n+](C)cc1C.Cc1ccc(-c2cc(C)c(C)c[n+]2C)c(C)c1.Cc1ccc(C)c(-c2cc(C)c(C)c[n+]2C)c1.[2H]C([2H])([2H])c1c[n+](C)c(-c2cccc(C([2H])([2H])[2H])c2C)cc1C.[2H]C([2H])([2H])c1ccc(-c2cc(C)c(C([2H])([2H])[2H])c[n+]2C)c(C)c1. The van der Waals surface area contributed by atoms with Crippen molar-refractivity contribution >= 4 is 0 Å². The summed E-state index contributed by atoms with van der Waals surface area (Å²) in [5, 5.41) is 0. The van der Waals surface area contributed by atoms with Crippen LogP contribution in [0.3, 0.4) is 0 Å². The molecule has 0 aliphatic rings. The molecule has 85 heavy (non-hydrogen) atoms. The van der Waals surface area contributed by atoms with Gasteiger partial charge in [-0.1, -0.05) is 77.4 Å². The first-order valence-electron chi connectivity index (χ1n) is 35.2. The van der Waals surface area contributed by atoms with Crippen molar-refractivity contribution in [3.63, 3.8) is 0 Å². The van der Waals surface area contributed by atoms with Crippen molar-refractivity contribution < 1.29 is 39.3 Å². The zero-order chi connectivity index (χ0) is 72.9. The molecule has 0 N–H and O–H groups in total. The minimum Gasteiger partial charge on any atom is -0.201 e. The highest BCUT2D eigenvalue weighted by molar-refractivity contribution is 5.66. The highest BCUT2D eigenvalue weighted by Crippen LogP contribution is 2.28. The number of hydrogen-bond acceptors (Lipinski definition) is 0. The Hall–Kier alpha value is -8.15. The average molecular weight is 1140 g/mol. The van der Waals surface area contributed by atoms with E-state index in [-0.39, 0.29) is 0 Å². The van der Waals surface area contributed by atoms with E-state index in [1.54, 1.807) is 92.8 Å². The van der Waals surface area contributed by atoms with Crippen molar-refractivity contribution in [2.24, 2.45) is 35.2 Å². The Labute approximate surface area is 530 Å². The normalized spacial score (nSPS) is 13.3. The van der Waals surface area contributed by atoms with Gasteiger partial charge in [0.25, 0.3) is 0 Å². The van der Waals surface area contributed by atoms with E-state index in [1.807, 2.05) is 19.1 Å². The van der Waals surface area contributed by atoms with E-state index in [9.17, 15) is 0 Å². The second kappa shape index (κ2) is 28.6. The van der Waals surface area contributed by atoms with Gasteiger partial charge in [0, 0.05) is 102 Å². The summed E-state index contributed by atoms with van der Waals surface area (Å²) < 4.78 is 101.